The van der Waals surface area contributed by atoms with Crippen molar-refractivity contribution in [1.29, 1.82) is 0 Å². The van der Waals surface area contributed by atoms with E-state index >= 15 is 0 Å². The molecular formula is C18H19NO3S. The van der Waals surface area contributed by atoms with Crippen LogP contribution >= 0.6 is 11.8 Å². The fraction of sp³-hybridized carbons (Fsp3) is 0.333. The van der Waals surface area contributed by atoms with Crippen LogP contribution in [0.4, 0.5) is 4.79 Å². The van der Waals surface area contributed by atoms with Gasteiger partial charge in [-0.2, -0.15) is 0 Å². The van der Waals surface area contributed by atoms with Gasteiger partial charge < -0.3 is 4.74 Å². The summed E-state index contributed by atoms with van der Waals surface area (Å²) >= 11 is 1.06. The van der Waals surface area contributed by atoms with Crippen LogP contribution in [0.25, 0.3) is 0 Å². The van der Waals surface area contributed by atoms with E-state index in [9.17, 15) is 9.59 Å². The lowest BCUT2D eigenvalue weighted by Gasteiger charge is -2.20. The predicted octanol–water partition coefficient (Wildman–Crippen LogP) is 3.34. The number of ether oxygens (including phenoxy) is 1. The molecule has 4 nitrogen and oxygen atoms in total. The van der Waals surface area contributed by atoms with E-state index in [-0.39, 0.29) is 16.4 Å². The van der Waals surface area contributed by atoms with E-state index in [0.29, 0.717) is 24.9 Å². The van der Waals surface area contributed by atoms with E-state index in [4.69, 9.17) is 4.74 Å². The van der Waals surface area contributed by atoms with E-state index in [0.717, 1.165) is 23.1 Å². The molecule has 2 aliphatic rings. The molecule has 0 bridgehead atoms. The minimum absolute atomic E-state index is 0.202. The SMILES string of the molecule is CC1C=CC=CC1COc1ccc(CC2SC(=O)NC2=O)cc1. The number of amides is 2. The molecule has 5 heteroatoms. The van der Waals surface area contributed by atoms with Crippen LogP contribution in [-0.4, -0.2) is 23.0 Å². The Bertz CT molecular complexity index is 651. The van der Waals surface area contributed by atoms with Gasteiger partial charge in [0, 0.05) is 5.92 Å². The largest absolute Gasteiger partial charge is 0.493 e. The molecular weight excluding hydrogens is 310 g/mol. The van der Waals surface area contributed by atoms with Crippen LogP contribution in [0, 0.1) is 11.8 Å². The number of thioether (sulfide) groups is 1. The summed E-state index contributed by atoms with van der Waals surface area (Å²) in [5.41, 5.74) is 1.02. The van der Waals surface area contributed by atoms with E-state index in [2.05, 4.69) is 36.5 Å². The van der Waals surface area contributed by atoms with Crippen molar-refractivity contribution in [3.63, 3.8) is 0 Å². The second-order valence-corrected chi connectivity index (χ2v) is 7.01. The molecule has 1 aromatic carbocycles. The Balaban J connectivity index is 1.53. The average molecular weight is 329 g/mol. The molecule has 0 radical (unpaired) electrons. The Morgan fingerprint density at radius 1 is 1.13 bits per heavy atom. The highest BCUT2D eigenvalue weighted by molar-refractivity contribution is 8.15. The van der Waals surface area contributed by atoms with Crippen LogP contribution in [0.1, 0.15) is 12.5 Å². The summed E-state index contributed by atoms with van der Waals surface area (Å²) in [6, 6.07) is 7.74. The Labute approximate surface area is 140 Å². The van der Waals surface area contributed by atoms with E-state index in [1.165, 1.54) is 0 Å². The minimum Gasteiger partial charge on any atom is -0.493 e. The number of hydrogen-bond acceptors (Lipinski definition) is 4. The molecule has 120 valence electrons. The smallest absolute Gasteiger partial charge is 0.286 e. The van der Waals surface area contributed by atoms with Crippen molar-refractivity contribution in [2.45, 2.75) is 18.6 Å². The highest BCUT2D eigenvalue weighted by Gasteiger charge is 2.31. The molecule has 1 N–H and O–H groups in total. The van der Waals surface area contributed by atoms with Gasteiger partial charge in [0.1, 0.15) is 5.75 Å². The molecule has 3 unspecified atom stereocenters. The van der Waals surface area contributed by atoms with Crippen LogP contribution in [0.2, 0.25) is 0 Å². The summed E-state index contributed by atoms with van der Waals surface area (Å²) in [6.45, 7) is 2.83. The van der Waals surface area contributed by atoms with Gasteiger partial charge in [-0.05, 0) is 30.0 Å². The molecule has 3 atom stereocenters. The third kappa shape index (κ3) is 4.05. The van der Waals surface area contributed by atoms with Gasteiger partial charge in [0.2, 0.25) is 5.91 Å². The second-order valence-electron chi connectivity index (χ2n) is 5.84. The van der Waals surface area contributed by atoms with Crippen molar-refractivity contribution in [2.24, 2.45) is 11.8 Å². The Morgan fingerprint density at radius 3 is 2.52 bits per heavy atom. The number of nitrogens with one attached hydrogen (secondary N) is 1. The number of benzene rings is 1. The number of carbonyl (C=O) groups is 2. The molecule has 1 saturated heterocycles. The maximum absolute atomic E-state index is 11.6. The lowest BCUT2D eigenvalue weighted by molar-refractivity contribution is -0.118. The highest BCUT2D eigenvalue weighted by atomic mass is 32.2. The molecule has 1 aliphatic heterocycles. The van der Waals surface area contributed by atoms with Gasteiger partial charge in [0.15, 0.2) is 0 Å². The van der Waals surface area contributed by atoms with Crippen molar-refractivity contribution >= 4 is 22.9 Å². The second kappa shape index (κ2) is 7.04. The van der Waals surface area contributed by atoms with Crippen molar-refractivity contribution in [2.75, 3.05) is 6.61 Å². The summed E-state index contributed by atoms with van der Waals surface area (Å²) in [5, 5.41) is 1.72. The molecule has 0 aromatic heterocycles. The highest BCUT2D eigenvalue weighted by Crippen LogP contribution is 2.25. The summed E-state index contributed by atoms with van der Waals surface area (Å²) in [7, 11) is 0. The van der Waals surface area contributed by atoms with Crippen molar-refractivity contribution in [1.82, 2.24) is 5.32 Å². The first-order valence-electron chi connectivity index (χ1n) is 7.70. The molecule has 1 aromatic rings. The number of rotatable bonds is 5. The zero-order chi connectivity index (χ0) is 16.2. The van der Waals surface area contributed by atoms with Crippen molar-refractivity contribution in [3.8, 4) is 5.75 Å². The van der Waals surface area contributed by atoms with Crippen LogP contribution < -0.4 is 10.1 Å². The van der Waals surface area contributed by atoms with Crippen LogP contribution in [0.5, 0.6) is 5.75 Å². The number of imide groups is 1. The first-order chi connectivity index (χ1) is 11.1. The molecule has 23 heavy (non-hydrogen) atoms. The summed E-state index contributed by atoms with van der Waals surface area (Å²) in [5.74, 6) is 1.49. The predicted molar refractivity (Wildman–Crippen MR) is 91.5 cm³/mol. The number of allylic oxidation sites excluding steroid dienone is 3. The zero-order valence-electron chi connectivity index (χ0n) is 12.9. The maximum Gasteiger partial charge on any atom is 0.286 e. The third-order valence-corrected chi connectivity index (χ3v) is 5.09. The van der Waals surface area contributed by atoms with Crippen molar-refractivity contribution in [3.05, 3.63) is 54.1 Å². The fourth-order valence-corrected chi connectivity index (χ4v) is 3.49. The van der Waals surface area contributed by atoms with Gasteiger partial charge in [-0.3, -0.25) is 14.9 Å². The Kier molecular flexibility index (Phi) is 4.86. The summed E-state index contributed by atoms with van der Waals surface area (Å²) in [6.07, 6.45) is 9.03. The van der Waals surface area contributed by atoms with Crippen LogP contribution in [-0.2, 0) is 11.2 Å². The van der Waals surface area contributed by atoms with Crippen LogP contribution in [0.15, 0.2) is 48.6 Å². The average Bonchev–Trinajstić information content (AvgIpc) is 2.85. The van der Waals surface area contributed by atoms with Gasteiger partial charge in [-0.15, -0.1) is 0 Å². The summed E-state index contributed by atoms with van der Waals surface area (Å²) < 4.78 is 5.86. The minimum atomic E-state index is -0.325. The fourth-order valence-electron chi connectivity index (χ4n) is 2.63. The molecule has 1 aliphatic carbocycles. The molecule has 0 saturated carbocycles. The summed E-state index contributed by atoms with van der Waals surface area (Å²) in [4.78, 5) is 22.7. The molecule has 1 fully saturated rings. The normalized spacial score (nSPS) is 26.4. The van der Waals surface area contributed by atoms with Gasteiger partial charge in [-0.1, -0.05) is 55.1 Å². The lowest BCUT2D eigenvalue weighted by Crippen LogP contribution is -2.25. The van der Waals surface area contributed by atoms with Gasteiger partial charge >= 0.3 is 0 Å². The number of hydrogen-bond donors (Lipinski definition) is 1. The molecule has 3 rings (SSSR count). The van der Waals surface area contributed by atoms with Crippen molar-refractivity contribution < 1.29 is 14.3 Å². The molecule has 0 spiro atoms. The first kappa shape index (κ1) is 15.9. The van der Waals surface area contributed by atoms with Gasteiger partial charge in [-0.25, -0.2) is 0 Å². The van der Waals surface area contributed by atoms with Gasteiger partial charge in [0.05, 0.1) is 11.9 Å². The lowest BCUT2D eigenvalue weighted by atomic mass is 9.91. The third-order valence-electron chi connectivity index (χ3n) is 4.11. The van der Waals surface area contributed by atoms with E-state index in [1.54, 1.807) is 0 Å². The first-order valence-corrected chi connectivity index (χ1v) is 8.58. The van der Waals surface area contributed by atoms with Gasteiger partial charge in [0.25, 0.3) is 5.24 Å². The van der Waals surface area contributed by atoms with E-state index in [1.807, 2.05) is 24.3 Å². The maximum atomic E-state index is 11.6. The Morgan fingerprint density at radius 2 is 1.87 bits per heavy atom. The number of carbonyl (C=O) groups excluding carboxylic acids is 2. The Hall–Kier alpha value is -2.01. The zero-order valence-corrected chi connectivity index (χ0v) is 13.7. The monoisotopic (exact) mass is 329 g/mol. The molecule has 1 heterocycles. The van der Waals surface area contributed by atoms with Crippen LogP contribution in [0.3, 0.4) is 0 Å². The quantitative estimate of drug-likeness (QED) is 0.900. The topological polar surface area (TPSA) is 55.4 Å². The van der Waals surface area contributed by atoms with E-state index < -0.39 is 0 Å². The standard InChI is InChI=1S/C18H19NO3S/c1-12-4-2-3-5-14(12)11-22-15-8-6-13(7-9-15)10-16-17(20)19-18(21)23-16/h2-9,12,14,16H,10-11H2,1H3,(H,19,20,21). The molecule has 2 amide bonds.